The Balaban J connectivity index is 1.28. The molecule has 38 heavy (non-hydrogen) atoms. The number of hydrogen-bond acceptors (Lipinski definition) is 5. The zero-order valence-corrected chi connectivity index (χ0v) is 21.2. The van der Waals surface area contributed by atoms with Crippen LogP contribution in [0.15, 0.2) is 77.3 Å². The minimum atomic E-state index is -0.493. The number of hydrogen-bond donors (Lipinski definition) is 2. The molecule has 7 nitrogen and oxygen atoms in total. The molecule has 8 heteroatoms. The molecule has 1 aromatic heterocycles. The lowest BCUT2D eigenvalue weighted by atomic mass is 9.93. The van der Waals surface area contributed by atoms with Crippen LogP contribution < -0.4 is 10.6 Å². The molecule has 0 atom stereocenters. The first-order valence-corrected chi connectivity index (χ1v) is 12.5. The number of carbonyl (C=O) groups excluding carboxylic acids is 2. The van der Waals surface area contributed by atoms with Crippen molar-refractivity contribution in [2.75, 3.05) is 11.9 Å². The Bertz CT molecular complexity index is 1460. The van der Waals surface area contributed by atoms with E-state index in [1.807, 2.05) is 55.5 Å². The number of urea groups is 1. The topological polar surface area (TPSA) is 93.5 Å². The van der Waals surface area contributed by atoms with Gasteiger partial charge in [0, 0.05) is 17.7 Å². The number of ether oxygens (including phenoxy) is 1. The Morgan fingerprint density at radius 2 is 1.61 bits per heavy atom. The maximum Gasteiger partial charge on any atom is 0.319 e. The first-order chi connectivity index (χ1) is 18.4. The molecule has 1 fully saturated rings. The Hall–Kier alpha value is -4.46. The van der Waals surface area contributed by atoms with Gasteiger partial charge in [-0.1, -0.05) is 71.9 Å². The summed E-state index contributed by atoms with van der Waals surface area (Å²) in [7, 11) is 0. The van der Waals surface area contributed by atoms with E-state index in [2.05, 4.69) is 15.8 Å². The van der Waals surface area contributed by atoms with Crippen molar-refractivity contribution in [2.24, 2.45) is 0 Å². The largest absolute Gasteiger partial charge is 0.465 e. The van der Waals surface area contributed by atoms with Gasteiger partial charge in [0.2, 0.25) is 0 Å². The maximum atomic E-state index is 13.8. The first-order valence-electron chi connectivity index (χ1n) is 12.5. The number of nitrogens with one attached hydrogen (secondary N) is 2. The smallest absolute Gasteiger partial charge is 0.319 e. The molecule has 194 valence electrons. The van der Waals surface area contributed by atoms with Gasteiger partial charge in [-0.2, -0.15) is 0 Å². The van der Waals surface area contributed by atoms with E-state index in [0.29, 0.717) is 29.3 Å². The van der Waals surface area contributed by atoms with Crippen LogP contribution in [0, 0.1) is 12.7 Å². The van der Waals surface area contributed by atoms with E-state index in [-0.39, 0.29) is 18.3 Å². The minimum absolute atomic E-state index is 0.0482. The zero-order valence-electron chi connectivity index (χ0n) is 21.2. The highest BCUT2D eigenvalue weighted by Crippen LogP contribution is 2.49. The van der Waals surface area contributed by atoms with E-state index in [1.54, 1.807) is 25.1 Å². The highest BCUT2D eigenvalue weighted by atomic mass is 19.1. The predicted molar refractivity (Wildman–Crippen MR) is 142 cm³/mol. The van der Waals surface area contributed by atoms with Crippen LogP contribution in [0.4, 0.5) is 14.9 Å². The SMILES string of the molecule is CCOC(=O)C1(c2ccc(-c3ccc(-c4onc(C)c4NC(=O)NCc4ccccc4F)cc3)cc2)CC1. The summed E-state index contributed by atoms with van der Waals surface area (Å²) in [5.41, 5.74) is 4.61. The molecule has 0 saturated heterocycles. The molecule has 2 amide bonds. The number of aromatic nitrogens is 1. The minimum Gasteiger partial charge on any atom is -0.465 e. The summed E-state index contributed by atoms with van der Waals surface area (Å²) in [6.45, 7) is 3.99. The number of esters is 1. The Morgan fingerprint density at radius 1 is 0.974 bits per heavy atom. The molecule has 2 N–H and O–H groups in total. The molecule has 0 radical (unpaired) electrons. The summed E-state index contributed by atoms with van der Waals surface area (Å²) in [5, 5.41) is 9.44. The lowest BCUT2D eigenvalue weighted by Gasteiger charge is -2.14. The fourth-order valence-electron chi connectivity index (χ4n) is 4.49. The van der Waals surface area contributed by atoms with Gasteiger partial charge in [0.1, 0.15) is 17.2 Å². The third-order valence-electron chi connectivity index (χ3n) is 6.83. The number of rotatable bonds is 8. The average molecular weight is 514 g/mol. The van der Waals surface area contributed by atoms with Gasteiger partial charge in [0.05, 0.1) is 12.0 Å². The zero-order chi connectivity index (χ0) is 26.7. The van der Waals surface area contributed by atoms with E-state index in [0.717, 1.165) is 35.1 Å². The molecule has 0 bridgehead atoms. The number of aryl methyl sites for hydroxylation is 1. The molecule has 4 aromatic rings. The third-order valence-corrected chi connectivity index (χ3v) is 6.83. The molecule has 1 aliphatic rings. The van der Waals surface area contributed by atoms with Gasteiger partial charge in [0.25, 0.3) is 0 Å². The van der Waals surface area contributed by atoms with Crippen molar-refractivity contribution in [3.05, 3.63) is 95.4 Å². The van der Waals surface area contributed by atoms with Crippen LogP contribution in [0.5, 0.6) is 0 Å². The summed E-state index contributed by atoms with van der Waals surface area (Å²) in [6, 6.07) is 21.5. The van der Waals surface area contributed by atoms with Gasteiger partial charge in [-0.05, 0) is 49.4 Å². The van der Waals surface area contributed by atoms with Crippen molar-refractivity contribution in [3.63, 3.8) is 0 Å². The molecule has 5 rings (SSSR count). The van der Waals surface area contributed by atoms with Crippen LogP contribution in [0.3, 0.4) is 0 Å². The lowest BCUT2D eigenvalue weighted by Crippen LogP contribution is -2.28. The van der Waals surface area contributed by atoms with Gasteiger partial charge in [0.15, 0.2) is 5.76 Å². The first kappa shape index (κ1) is 25.2. The van der Waals surface area contributed by atoms with Gasteiger partial charge in [-0.15, -0.1) is 0 Å². The Labute approximate surface area is 220 Å². The molecule has 3 aromatic carbocycles. The molecular formula is C30H28FN3O4. The number of carbonyl (C=O) groups is 2. The molecule has 1 saturated carbocycles. The Kier molecular flexibility index (Phi) is 6.96. The van der Waals surface area contributed by atoms with Crippen molar-refractivity contribution in [1.82, 2.24) is 10.5 Å². The van der Waals surface area contributed by atoms with Crippen LogP contribution in [0.2, 0.25) is 0 Å². The van der Waals surface area contributed by atoms with Crippen LogP contribution in [-0.2, 0) is 21.5 Å². The Morgan fingerprint density at radius 3 is 2.24 bits per heavy atom. The van der Waals surface area contributed by atoms with E-state index in [1.165, 1.54) is 6.07 Å². The standard InChI is InChI=1S/C30H28FN3O4/c1-3-37-28(35)30(16-17-30)24-14-12-21(13-15-24)20-8-10-22(11-9-20)27-26(19(2)34-38-27)33-29(36)32-18-23-6-4-5-7-25(23)31/h4-15H,3,16-18H2,1-2H3,(H2,32,33,36). The van der Waals surface area contributed by atoms with Crippen molar-refractivity contribution in [3.8, 4) is 22.5 Å². The normalized spacial score (nSPS) is 13.6. The van der Waals surface area contributed by atoms with Gasteiger partial charge in [-0.25, -0.2) is 9.18 Å². The molecule has 1 aliphatic carbocycles. The van der Waals surface area contributed by atoms with E-state index >= 15 is 0 Å². The van der Waals surface area contributed by atoms with E-state index in [9.17, 15) is 14.0 Å². The number of amides is 2. The second-order valence-corrected chi connectivity index (χ2v) is 9.33. The van der Waals surface area contributed by atoms with Crippen LogP contribution in [0.25, 0.3) is 22.5 Å². The van der Waals surface area contributed by atoms with Crippen LogP contribution in [-0.4, -0.2) is 23.8 Å². The van der Waals surface area contributed by atoms with Crippen molar-refractivity contribution >= 4 is 17.7 Å². The van der Waals surface area contributed by atoms with Crippen LogP contribution in [0.1, 0.15) is 36.6 Å². The summed E-state index contributed by atoms with van der Waals surface area (Å²) in [5.74, 6) is -0.101. The fourth-order valence-corrected chi connectivity index (χ4v) is 4.49. The van der Waals surface area contributed by atoms with Crippen molar-refractivity contribution in [2.45, 2.75) is 38.6 Å². The number of halogens is 1. The highest BCUT2D eigenvalue weighted by Gasteiger charge is 2.52. The van der Waals surface area contributed by atoms with Gasteiger partial charge >= 0.3 is 12.0 Å². The average Bonchev–Trinajstić information content (AvgIpc) is 3.67. The number of benzene rings is 3. The van der Waals surface area contributed by atoms with Gasteiger partial charge in [-0.3, -0.25) is 4.79 Å². The third kappa shape index (κ3) is 5.02. The van der Waals surface area contributed by atoms with Gasteiger partial charge < -0.3 is 19.9 Å². The molecule has 1 heterocycles. The summed E-state index contributed by atoms with van der Waals surface area (Å²) in [6.07, 6.45) is 1.63. The summed E-state index contributed by atoms with van der Waals surface area (Å²) >= 11 is 0. The summed E-state index contributed by atoms with van der Waals surface area (Å²) < 4.78 is 24.6. The second kappa shape index (κ2) is 10.5. The number of anilines is 1. The van der Waals surface area contributed by atoms with Crippen molar-refractivity contribution in [1.29, 1.82) is 0 Å². The molecule has 0 spiro atoms. The second-order valence-electron chi connectivity index (χ2n) is 9.33. The van der Waals surface area contributed by atoms with Crippen molar-refractivity contribution < 1.29 is 23.2 Å². The maximum absolute atomic E-state index is 13.8. The fraction of sp³-hybridized carbons (Fsp3) is 0.233. The lowest BCUT2D eigenvalue weighted by molar-refractivity contribution is -0.146. The highest BCUT2D eigenvalue weighted by molar-refractivity contribution is 5.94. The molecule has 0 aliphatic heterocycles. The summed E-state index contributed by atoms with van der Waals surface area (Å²) in [4.78, 5) is 24.9. The monoisotopic (exact) mass is 513 g/mol. The van der Waals surface area contributed by atoms with E-state index < -0.39 is 11.4 Å². The van der Waals surface area contributed by atoms with E-state index in [4.69, 9.17) is 9.26 Å². The van der Waals surface area contributed by atoms with Crippen LogP contribution >= 0.6 is 0 Å². The molecular weight excluding hydrogens is 485 g/mol. The number of nitrogens with zero attached hydrogens (tertiary/aromatic N) is 1. The quantitative estimate of drug-likeness (QED) is 0.267. The predicted octanol–water partition coefficient (Wildman–Crippen LogP) is 6.37. The molecule has 0 unspecified atom stereocenters.